The fraction of sp³-hybridized carbons (Fsp3) is 0.533. The van der Waals surface area contributed by atoms with E-state index in [1.807, 2.05) is 30.0 Å². The number of imidazole rings is 1. The standard InChI is InChI=1S/C15H21N3OS/c1-19-10-7-8-11-13(9-10)18(15(16)17-11)12-5-3-4-6-14(12)20-2/h7-9,12,14H,3-6H2,1-2H3,(H2,16,17). The summed E-state index contributed by atoms with van der Waals surface area (Å²) in [5.41, 5.74) is 8.24. The van der Waals surface area contributed by atoms with Gasteiger partial charge in [0, 0.05) is 17.4 Å². The van der Waals surface area contributed by atoms with E-state index in [9.17, 15) is 0 Å². The van der Waals surface area contributed by atoms with E-state index in [0.29, 0.717) is 17.2 Å². The molecule has 1 aromatic heterocycles. The van der Waals surface area contributed by atoms with Crippen molar-refractivity contribution in [2.24, 2.45) is 0 Å². The van der Waals surface area contributed by atoms with Crippen LogP contribution in [0.1, 0.15) is 31.7 Å². The molecule has 2 unspecified atom stereocenters. The Hall–Kier alpha value is -1.36. The van der Waals surface area contributed by atoms with Crippen LogP contribution in [0.4, 0.5) is 5.95 Å². The first kappa shape index (κ1) is 13.6. The second-order valence-electron chi connectivity index (χ2n) is 5.32. The molecule has 0 bridgehead atoms. The average molecular weight is 291 g/mol. The molecule has 2 N–H and O–H groups in total. The van der Waals surface area contributed by atoms with Crippen LogP contribution in [-0.4, -0.2) is 28.2 Å². The Balaban J connectivity index is 2.11. The molecule has 3 rings (SSSR count). The minimum absolute atomic E-state index is 0.441. The number of thioether (sulfide) groups is 1. The van der Waals surface area contributed by atoms with E-state index in [1.165, 1.54) is 25.7 Å². The highest BCUT2D eigenvalue weighted by atomic mass is 32.2. The molecule has 1 fully saturated rings. The van der Waals surface area contributed by atoms with Crippen molar-refractivity contribution in [3.63, 3.8) is 0 Å². The molecule has 0 aliphatic heterocycles. The van der Waals surface area contributed by atoms with E-state index in [4.69, 9.17) is 10.5 Å². The SMILES string of the molecule is COc1ccc2nc(N)n(C3CCCCC3SC)c2c1. The molecule has 0 radical (unpaired) electrons. The van der Waals surface area contributed by atoms with Gasteiger partial charge < -0.3 is 15.0 Å². The number of nitrogens with two attached hydrogens (primary N) is 1. The summed E-state index contributed by atoms with van der Waals surface area (Å²) in [5.74, 6) is 1.48. The van der Waals surface area contributed by atoms with Gasteiger partial charge in [-0.3, -0.25) is 0 Å². The van der Waals surface area contributed by atoms with E-state index in [-0.39, 0.29) is 0 Å². The van der Waals surface area contributed by atoms with Gasteiger partial charge in [0.1, 0.15) is 5.75 Å². The van der Waals surface area contributed by atoms with Crippen LogP contribution in [0.3, 0.4) is 0 Å². The fourth-order valence-corrected chi connectivity index (χ4v) is 4.19. The Morgan fingerprint density at radius 1 is 1.35 bits per heavy atom. The zero-order chi connectivity index (χ0) is 14.1. The minimum atomic E-state index is 0.441. The van der Waals surface area contributed by atoms with E-state index in [0.717, 1.165) is 16.8 Å². The van der Waals surface area contributed by atoms with Gasteiger partial charge in [0.2, 0.25) is 5.95 Å². The lowest BCUT2D eigenvalue weighted by molar-refractivity contribution is 0.374. The summed E-state index contributed by atoms with van der Waals surface area (Å²) in [6.07, 6.45) is 7.22. The summed E-state index contributed by atoms with van der Waals surface area (Å²) >= 11 is 1.94. The Bertz CT molecular complexity index is 610. The largest absolute Gasteiger partial charge is 0.497 e. The van der Waals surface area contributed by atoms with Crippen molar-refractivity contribution in [3.05, 3.63) is 18.2 Å². The van der Waals surface area contributed by atoms with Gasteiger partial charge in [0.25, 0.3) is 0 Å². The highest BCUT2D eigenvalue weighted by Crippen LogP contribution is 2.39. The normalized spacial score (nSPS) is 23.1. The highest BCUT2D eigenvalue weighted by molar-refractivity contribution is 7.99. The van der Waals surface area contributed by atoms with E-state index in [1.54, 1.807) is 7.11 Å². The molecule has 0 amide bonds. The molecule has 1 saturated carbocycles. The Morgan fingerprint density at radius 3 is 2.90 bits per heavy atom. The Kier molecular flexibility index (Phi) is 3.78. The maximum absolute atomic E-state index is 6.19. The molecular weight excluding hydrogens is 270 g/mol. The molecule has 0 spiro atoms. The van der Waals surface area contributed by atoms with E-state index in [2.05, 4.69) is 15.8 Å². The van der Waals surface area contributed by atoms with Crippen LogP contribution in [-0.2, 0) is 0 Å². The number of nitrogens with zero attached hydrogens (tertiary/aromatic N) is 2. The second kappa shape index (κ2) is 5.56. The Morgan fingerprint density at radius 2 is 2.15 bits per heavy atom. The predicted octanol–water partition coefficient (Wildman–Crippen LogP) is 3.47. The summed E-state index contributed by atoms with van der Waals surface area (Å²) in [5, 5.41) is 0.620. The molecule has 1 heterocycles. The Labute approximate surface area is 123 Å². The van der Waals surface area contributed by atoms with Crippen LogP contribution in [0.25, 0.3) is 11.0 Å². The smallest absolute Gasteiger partial charge is 0.201 e. The molecule has 1 aliphatic carbocycles. The van der Waals surface area contributed by atoms with Gasteiger partial charge in [-0.15, -0.1) is 0 Å². The number of aromatic nitrogens is 2. The molecule has 1 aliphatic rings. The lowest BCUT2D eigenvalue weighted by Crippen LogP contribution is -2.26. The first-order chi connectivity index (χ1) is 9.74. The zero-order valence-electron chi connectivity index (χ0n) is 12.0. The van der Waals surface area contributed by atoms with Gasteiger partial charge in [-0.1, -0.05) is 12.8 Å². The lowest BCUT2D eigenvalue weighted by atomic mass is 9.94. The average Bonchev–Trinajstić information content (AvgIpc) is 2.81. The van der Waals surface area contributed by atoms with Crippen LogP contribution in [0, 0.1) is 0 Å². The zero-order valence-corrected chi connectivity index (χ0v) is 12.8. The van der Waals surface area contributed by atoms with Crippen molar-refractivity contribution in [1.29, 1.82) is 0 Å². The van der Waals surface area contributed by atoms with Crippen LogP contribution in [0.5, 0.6) is 5.75 Å². The van der Waals surface area contributed by atoms with Crippen LogP contribution < -0.4 is 10.5 Å². The van der Waals surface area contributed by atoms with Crippen molar-refractivity contribution in [1.82, 2.24) is 9.55 Å². The van der Waals surface area contributed by atoms with Gasteiger partial charge in [0.05, 0.1) is 18.1 Å². The van der Waals surface area contributed by atoms with Gasteiger partial charge in [-0.2, -0.15) is 11.8 Å². The first-order valence-corrected chi connectivity index (χ1v) is 8.37. The number of nitrogen functional groups attached to an aromatic ring is 1. The number of hydrogen-bond acceptors (Lipinski definition) is 4. The van der Waals surface area contributed by atoms with E-state index < -0.39 is 0 Å². The van der Waals surface area contributed by atoms with Gasteiger partial charge in [-0.25, -0.2) is 4.98 Å². The molecule has 108 valence electrons. The van der Waals surface area contributed by atoms with Crippen LogP contribution in [0.15, 0.2) is 18.2 Å². The number of hydrogen-bond donors (Lipinski definition) is 1. The third kappa shape index (κ3) is 2.24. The molecule has 5 heteroatoms. The second-order valence-corrected chi connectivity index (χ2v) is 6.40. The summed E-state index contributed by atoms with van der Waals surface area (Å²) in [6.45, 7) is 0. The highest BCUT2D eigenvalue weighted by Gasteiger charge is 2.28. The summed E-state index contributed by atoms with van der Waals surface area (Å²) in [6, 6.07) is 6.41. The van der Waals surface area contributed by atoms with Crippen molar-refractivity contribution in [3.8, 4) is 5.75 Å². The van der Waals surface area contributed by atoms with Gasteiger partial charge in [-0.05, 0) is 31.2 Å². The molecular formula is C15H21N3OS. The maximum Gasteiger partial charge on any atom is 0.201 e. The van der Waals surface area contributed by atoms with Crippen molar-refractivity contribution in [2.75, 3.05) is 19.1 Å². The monoisotopic (exact) mass is 291 g/mol. The number of ether oxygens (including phenoxy) is 1. The predicted molar refractivity (Wildman–Crippen MR) is 85.5 cm³/mol. The summed E-state index contributed by atoms with van der Waals surface area (Å²) in [7, 11) is 1.69. The molecule has 2 aromatic rings. The van der Waals surface area contributed by atoms with Crippen molar-refractivity contribution < 1.29 is 4.74 Å². The van der Waals surface area contributed by atoms with Crippen LogP contribution in [0.2, 0.25) is 0 Å². The quantitative estimate of drug-likeness (QED) is 0.940. The number of anilines is 1. The fourth-order valence-electron chi connectivity index (χ4n) is 3.21. The molecule has 0 saturated heterocycles. The molecule has 1 aromatic carbocycles. The topological polar surface area (TPSA) is 53.1 Å². The van der Waals surface area contributed by atoms with Crippen molar-refractivity contribution >= 4 is 28.7 Å². The molecule has 4 nitrogen and oxygen atoms in total. The first-order valence-electron chi connectivity index (χ1n) is 7.09. The molecule has 2 atom stereocenters. The summed E-state index contributed by atoms with van der Waals surface area (Å²) < 4.78 is 7.56. The van der Waals surface area contributed by atoms with Crippen LogP contribution >= 0.6 is 11.8 Å². The maximum atomic E-state index is 6.19. The molecule has 20 heavy (non-hydrogen) atoms. The third-order valence-electron chi connectivity index (χ3n) is 4.23. The lowest BCUT2D eigenvalue weighted by Gasteiger charge is -2.32. The third-order valence-corrected chi connectivity index (χ3v) is 5.38. The summed E-state index contributed by atoms with van der Waals surface area (Å²) in [4.78, 5) is 4.51. The van der Waals surface area contributed by atoms with Crippen molar-refractivity contribution in [2.45, 2.75) is 37.0 Å². The minimum Gasteiger partial charge on any atom is -0.497 e. The van der Waals surface area contributed by atoms with E-state index >= 15 is 0 Å². The van der Waals surface area contributed by atoms with Gasteiger partial charge >= 0.3 is 0 Å². The van der Waals surface area contributed by atoms with Gasteiger partial charge in [0.15, 0.2) is 0 Å². The number of rotatable bonds is 3. The number of benzene rings is 1. The number of methoxy groups -OCH3 is 1. The number of fused-ring (bicyclic) bond motifs is 1.